The lowest BCUT2D eigenvalue weighted by atomic mass is 9.93. The summed E-state index contributed by atoms with van der Waals surface area (Å²) in [7, 11) is 0. The van der Waals surface area contributed by atoms with Crippen molar-refractivity contribution in [1.29, 1.82) is 0 Å². The van der Waals surface area contributed by atoms with Crippen molar-refractivity contribution in [2.24, 2.45) is 0 Å². The number of carbonyl (C=O) groups excluding carboxylic acids is 5. The minimum Gasteiger partial charge on any atom is -0.394 e. The van der Waals surface area contributed by atoms with E-state index in [-0.39, 0.29) is 0 Å². The molecule has 34 N–H and O–H groups in total. The molecule has 5 amide bonds. The fraction of sp³-hybridized carbons (Fsp3) is 0.934. The first kappa shape index (κ1) is 112. The number of carbonyl (C=O) groups is 5. The number of aliphatic hydroxyl groups excluding tert-OH is 29. The number of rotatable bonds is 35. The summed E-state index contributed by atoms with van der Waals surface area (Å²) in [6.45, 7) is -5.54. The third-order valence-corrected chi connectivity index (χ3v) is 24.9. The Balaban J connectivity index is 0.944. The summed E-state index contributed by atoms with van der Waals surface area (Å²) in [6, 6.07) is -9.69. The van der Waals surface area contributed by atoms with Gasteiger partial charge in [-0.25, -0.2) is 0 Å². The maximum Gasteiger partial charge on any atom is 0.217 e. The number of ether oxygens (including phenoxy) is 21. The van der Waals surface area contributed by atoms with Gasteiger partial charge in [0.1, 0.15) is 262 Å². The van der Waals surface area contributed by atoms with Crippen LogP contribution >= 0.6 is 0 Å². The Morgan fingerprint density at radius 3 is 0.882 bits per heavy atom. The molecule has 11 heterocycles. The Bertz CT molecular complexity index is 3760. The van der Waals surface area contributed by atoms with Gasteiger partial charge in [0.05, 0.1) is 72.2 Å². The summed E-state index contributed by atoms with van der Waals surface area (Å²) in [5.41, 5.74) is 0. The molecule has 0 bridgehead atoms. The van der Waals surface area contributed by atoms with Gasteiger partial charge in [0.25, 0.3) is 0 Å². The van der Waals surface area contributed by atoms with E-state index in [0.29, 0.717) is 0 Å². The topological polar surface area (TPSA) is 926 Å². The number of amides is 5. The molecule has 0 aliphatic carbocycles. The van der Waals surface area contributed by atoms with Crippen LogP contribution in [-0.2, 0) is 123 Å². The van der Waals surface area contributed by atoms with Crippen molar-refractivity contribution in [3.63, 3.8) is 0 Å². The third-order valence-electron chi connectivity index (χ3n) is 24.9. The van der Waals surface area contributed by atoms with Gasteiger partial charge in [0, 0.05) is 34.6 Å². The van der Waals surface area contributed by atoms with Gasteiger partial charge in [-0.1, -0.05) is 0 Å². The van der Waals surface area contributed by atoms with Crippen molar-refractivity contribution in [2.45, 2.75) is 379 Å². The smallest absolute Gasteiger partial charge is 0.217 e. The number of nitrogens with one attached hydrogen (secondary N) is 5. The molecule has 11 rings (SSSR count). The van der Waals surface area contributed by atoms with Crippen LogP contribution in [0.15, 0.2) is 0 Å². The molecule has 0 spiro atoms. The Kier molecular flexibility index (Phi) is 40.1. The van der Waals surface area contributed by atoms with Gasteiger partial charge >= 0.3 is 0 Å². The van der Waals surface area contributed by atoms with Gasteiger partial charge < -0.3 is 274 Å². The van der Waals surface area contributed by atoms with Gasteiger partial charge in [0.2, 0.25) is 29.5 Å². The molecule has 60 heteroatoms. The average Bonchev–Trinajstić information content (AvgIpc) is 0.762. The van der Waals surface area contributed by atoms with Gasteiger partial charge in [-0.2, -0.15) is 0 Å². The Morgan fingerprint density at radius 2 is 0.463 bits per heavy atom. The third kappa shape index (κ3) is 24.8. The zero-order valence-corrected chi connectivity index (χ0v) is 73.4. The maximum atomic E-state index is 13.4. The van der Waals surface area contributed by atoms with Crippen LogP contribution in [0.1, 0.15) is 41.5 Å². The van der Waals surface area contributed by atoms with E-state index in [4.69, 9.17) is 99.5 Å². The van der Waals surface area contributed by atoms with Crippen LogP contribution in [0.4, 0.5) is 0 Å². The van der Waals surface area contributed by atoms with Gasteiger partial charge in [-0.05, 0) is 6.92 Å². The quantitative estimate of drug-likeness (QED) is 0.0280. The summed E-state index contributed by atoms with van der Waals surface area (Å²) >= 11 is 0. The molecule has 136 heavy (non-hydrogen) atoms. The van der Waals surface area contributed by atoms with Crippen molar-refractivity contribution in [2.75, 3.05) is 66.1 Å². The Hall–Kier alpha value is -4.65. The summed E-state index contributed by atoms with van der Waals surface area (Å²) < 4.78 is 126. The zero-order valence-electron chi connectivity index (χ0n) is 73.4. The van der Waals surface area contributed by atoms with E-state index >= 15 is 0 Å². The van der Waals surface area contributed by atoms with Gasteiger partial charge in [-0.3, -0.25) is 24.0 Å². The molecule has 1 unspecified atom stereocenters. The van der Waals surface area contributed by atoms with E-state index in [1.807, 2.05) is 0 Å². The molecular formula is C76H127N5O55. The fourth-order valence-corrected chi connectivity index (χ4v) is 17.7. The highest BCUT2D eigenvalue weighted by molar-refractivity contribution is 5.75. The Morgan fingerprint density at radius 1 is 0.206 bits per heavy atom. The number of hydrogen-bond acceptors (Lipinski definition) is 55. The largest absolute Gasteiger partial charge is 0.394 e. The fourth-order valence-electron chi connectivity index (χ4n) is 17.7. The SMILES string of the molecule is CC(=O)N[C@@H]1[C@H](O[C@@H]2[C@@H](O[C@@H]3[C@H](O)[C@H](O[C@H]4[C@H](O)[C@@H](NC(C)=O)[C@H](O[C@H]5[C@H](O)[C@@H](NC(C)=O)C(O)O[C@@H]5CO[C@@H]5O[C@@H](C)[C@@H](O)[C@@H](O)[C@@H]5O)O[C@@H]4CO)O[C@H](CO[C@H]4O[C@H](CO)[C@@H](O)[C@H](O)[C@@H]4O[C@@H]4O[C@H](CO)[C@@H](O[C@@H]5O[C@H](CO)[C@H](O)[C@H](O[C@H]6O[C@H](CO)[C@H](O)[C@H](O)[C@H]6O)[C@H]5O)[C@H](O)[C@H]4NC(C)=O)[C@H]3O)O[C@H](CO)[C@@H](O[C@@H]3O[C@H](CO)[C@@H](O)[C@H](O)[C@H]3NC(C)=O)[C@@H]2O)O[C@H](CO)[C@@H](O)[C@@H]1O. The van der Waals surface area contributed by atoms with Crippen LogP contribution < -0.4 is 26.6 Å². The molecule has 60 nitrogen and oxygen atoms in total. The van der Waals surface area contributed by atoms with E-state index in [1.165, 1.54) is 6.92 Å². The number of hydrogen-bond donors (Lipinski definition) is 34. The highest BCUT2D eigenvalue weighted by Gasteiger charge is 2.63. The van der Waals surface area contributed by atoms with Crippen LogP contribution in [0.3, 0.4) is 0 Å². The van der Waals surface area contributed by atoms with Crippen LogP contribution in [0.25, 0.3) is 0 Å². The van der Waals surface area contributed by atoms with Crippen LogP contribution in [-0.4, -0.2) is 581 Å². The maximum absolute atomic E-state index is 13.4. The average molecular weight is 1990 g/mol. The summed E-state index contributed by atoms with van der Waals surface area (Å²) in [4.78, 5) is 64.7. The van der Waals surface area contributed by atoms with Crippen molar-refractivity contribution in [3.05, 3.63) is 0 Å². The molecule has 11 aliphatic heterocycles. The first-order chi connectivity index (χ1) is 64.3. The van der Waals surface area contributed by atoms with E-state index in [2.05, 4.69) is 26.6 Å². The van der Waals surface area contributed by atoms with Gasteiger partial charge in [0.15, 0.2) is 69.2 Å². The molecular weight excluding hydrogens is 1860 g/mol. The van der Waals surface area contributed by atoms with E-state index < -0.39 is 433 Å². The van der Waals surface area contributed by atoms with Crippen molar-refractivity contribution < 1.29 is 272 Å². The molecule has 11 fully saturated rings. The predicted octanol–water partition coefficient (Wildman–Crippen LogP) is -23.2. The van der Waals surface area contributed by atoms with Crippen molar-refractivity contribution >= 4 is 29.5 Å². The first-order valence-electron chi connectivity index (χ1n) is 43.5. The van der Waals surface area contributed by atoms with Crippen molar-refractivity contribution in [1.82, 2.24) is 26.6 Å². The minimum atomic E-state index is -2.71. The monoisotopic (exact) mass is 1990 g/mol. The lowest BCUT2D eigenvalue weighted by Gasteiger charge is -2.52. The van der Waals surface area contributed by atoms with Crippen LogP contribution in [0.2, 0.25) is 0 Å². The van der Waals surface area contributed by atoms with Crippen molar-refractivity contribution in [3.8, 4) is 0 Å². The van der Waals surface area contributed by atoms with Crippen LogP contribution in [0.5, 0.6) is 0 Å². The first-order valence-corrected chi connectivity index (χ1v) is 43.5. The van der Waals surface area contributed by atoms with Crippen LogP contribution in [0, 0.1) is 0 Å². The van der Waals surface area contributed by atoms with Gasteiger partial charge in [-0.15, -0.1) is 0 Å². The second-order valence-corrected chi connectivity index (χ2v) is 34.5. The highest BCUT2D eigenvalue weighted by Crippen LogP contribution is 2.42. The molecule has 0 saturated carbocycles. The molecule has 0 aromatic heterocycles. The summed E-state index contributed by atoms with van der Waals surface area (Å²) in [6.07, 6.45) is -106. The molecule has 11 saturated heterocycles. The van der Waals surface area contributed by atoms with E-state index in [1.54, 1.807) is 0 Å². The normalized spacial score (nSPS) is 49.2. The predicted molar refractivity (Wildman–Crippen MR) is 419 cm³/mol. The summed E-state index contributed by atoms with van der Waals surface area (Å²) in [5.74, 6) is -4.77. The lowest BCUT2D eigenvalue weighted by Crippen LogP contribution is -2.71. The minimum absolute atomic E-state index is 0.866. The Labute approximate surface area is 770 Å². The second kappa shape index (κ2) is 48.8. The van der Waals surface area contributed by atoms with E-state index in [9.17, 15) is 172 Å². The number of aliphatic hydroxyl groups is 29. The molecule has 0 aromatic carbocycles. The van der Waals surface area contributed by atoms with E-state index in [0.717, 1.165) is 34.6 Å². The molecule has 0 radical (unpaired) electrons. The summed E-state index contributed by atoms with van der Waals surface area (Å²) in [5, 5.41) is 339. The standard InChI is InChI=1S/C76H127N5O55/c1-17-38(95)50(107)53(110)71(118-17)116-16-32-61(47(104)33(66(115)119-32)77-18(2)90)130-69-36(80-21(5)93)48(105)59(28(12-87)125-69)132-74-57(114)63(134-76-65(136-68-35(79-20(4)92)46(103)40(97)24(8-83)121-68)55(112)60(30(14-89)127-76)129-67-34(78-19(3)91)45(102)39(96)23(7-82)120-67)44(101)31(128-74)15-117-75-64(52(109)42(99)26(10-85)124-75)135-70-37(81-22(6)94)49(106)58(29(13-88)126-70)131-73-56(113)62(43(100)27(11-86)123-73)133-72-54(111)51(108)41(98)25(9-84)122-72/h17,23-76,82-89,95-115H,7-16H2,1-6H3,(H,77,90)(H,78,91)(H,79,92)(H,80,93)(H,81,94)/t17-,23+,24+,25+,26+,27+,28+,29+,30+,31+,32+,33+,34+,35-,36+,37+,38+,39+,40+,41-,42+,43-,44+,45+,46+,47+,48+,49+,50+,51-,52-,53-,54+,55-,56+,57-,58+,59+,60+,61+,62-,63-,64-,65-,66?,67-,68-,69-,70-,71+,72+,73-,74-,75-,76+/m0/s1. The molecule has 55 atom stereocenters. The molecule has 11 aliphatic rings. The zero-order chi connectivity index (χ0) is 100. The second-order valence-electron chi connectivity index (χ2n) is 34.5. The molecule has 786 valence electrons. The lowest BCUT2D eigenvalue weighted by molar-refractivity contribution is -0.403. The highest BCUT2D eigenvalue weighted by atomic mass is 16.8. The molecule has 0 aromatic rings.